The fourth-order valence-electron chi connectivity index (χ4n) is 4.32. The molecule has 2 aliphatic heterocycles. The highest BCUT2D eigenvalue weighted by Crippen LogP contribution is 2.37. The number of ether oxygens (including phenoxy) is 1. The Morgan fingerprint density at radius 2 is 1.78 bits per heavy atom. The fourth-order valence-corrected chi connectivity index (χ4v) is 4.32. The molecule has 1 aromatic heterocycles. The molecule has 0 bridgehead atoms. The monoisotopic (exact) mass is 314 g/mol. The Balaban J connectivity index is 1.75. The Kier molecular flexibility index (Phi) is 4.23. The lowest BCUT2D eigenvalue weighted by atomic mass is 9.83. The molecule has 3 aliphatic rings. The van der Waals surface area contributed by atoms with Crippen LogP contribution in [-0.4, -0.2) is 30.6 Å². The normalized spacial score (nSPS) is 22.6. The van der Waals surface area contributed by atoms with E-state index in [-0.39, 0.29) is 5.97 Å². The number of pyridine rings is 1. The van der Waals surface area contributed by atoms with Crippen LogP contribution in [0, 0.1) is 0 Å². The molecule has 0 atom stereocenters. The van der Waals surface area contributed by atoms with Gasteiger partial charge in [-0.1, -0.05) is 19.3 Å². The van der Waals surface area contributed by atoms with Crippen LogP contribution in [-0.2, 0) is 11.2 Å². The topological polar surface area (TPSA) is 42.4 Å². The van der Waals surface area contributed by atoms with Crippen molar-refractivity contribution in [1.29, 1.82) is 0 Å². The number of cyclic esters (lactones) is 1. The zero-order valence-electron chi connectivity index (χ0n) is 13.9. The third kappa shape index (κ3) is 2.96. The maximum atomic E-state index is 12.4. The molecule has 1 aromatic rings. The minimum Gasteiger partial charge on any atom is -0.462 e. The Bertz CT molecular complexity index is 587. The number of esters is 1. The average molecular weight is 314 g/mol. The van der Waals surface area contributed by atoms with Gasteiger partial charge in [-0.3, -0.25) is 0 Å². The second-order valence-electron chi connectivity index (χ2n) is 7.17. The summed E-state index contributed by atoms with van der Waals surface area (Å²) < 4.78 is 5.33. The molecule has 1 saturated heterocycles. The first kappa shape index (κ1) is 15.0. The highest BCUT2D eigenvalue weighted by Gasteiger charge is 2.30. The quantitative estimate of drug-likeness (QED) is 0.778. The van der Waals surface area contributed by atoms with E-state index in [4.69, 9.17) is 9.72 Å². The summed E-state index contributed by atoms with van der Waals surface area (Å²) in [5, 5.41) is 0. The van der Waals surface area contributed by atoms with E-state index in [1.54, 1.807) is 0 Å². The molecule has 0 spiro atoms. The van der Waals surface area contributed by atoms with Gasteiger partial charge in [0, 0.05) is 25.4 Å². The van der Waals surface area contributed by atoms with Gasteiger partial charge in [0.25, 0.3) is 0 Å². The molecule has 124 valence electrons. The number of carbonyl (C=O) groups is 1. The van der Waals surface area contributed by atoms with Crippen LogP contribution >= 0.6 is 0 Å². The lowest BCUT2D eigenvalue weighted by molar-refractivity contribution is 0.0476. The second-order valence-corrected chi connectivity index (χ2v) is 7.17. The van der Waals surface area contributed by atoms with Crippen LogP contribution in [0.1, 0.15) is 78.9 Å². The van der Waals surface area contributed by atoms with Crippen LogP contribution in [0.5, 0.6) is 0 Å². The predicted octanol–water partition coefficient (Wildman–Crippen LogP) is 3.83. The molecule has 3 heterocycles. The Morgan fingerprint density at radius 3 is 2.57 bits per heavy atom. The summed E-state index contributed by atoms with van der Waals surface area (Å²) in [4.78, 5) is 19.8. The van der Waals surface area contributed by atoms with Crippen molar-refractivity contribution in [2.24, 2.45) is 0 Å². The van der Waals surface area contributed by atoms with E-state index in [0.717, 1.165) is 55.0 Å². The zero-order valence-corrected chi connectivity index (χ0v) is 13.9. The number of piperidine rings is 1. The number of fused-ring (bicyclic) bond motifs is 1. The summed E-state index contributed by atoms with van der Waals surface area (Å²) in [6.07, 6.45) is 10.8. The van der Waals surface area contributed by atoms with Gasteiger partial charge in [-0.2, -0.15) is 0 Å². The van der Waals surface area contributed by atoms with Crippen LogP contribution < -0.4 is 4.90 Å². The summed E-state index contributed by atoms with van der Waals surface area (Å²) >= 11 is 0. The van der Waals surface area contributed by atoms with E-state index in [1.807, 2.05) is 0 Å². The van der Waals surface area contributed by atoms with Crippen LogP contribution in [0.25, 0.3) is 0 Å². The first-order valence-electron chi connectivity index (χ1n) is 9.29. The van der Waals surface area contributed by atoms with Crippen LogP contribution in [0.15, 0.2) is 6.07 Å². The van der Waals surface area contributed by atoms with Crippen molar-refractivity contribution in [3.8, 4) is 0 Å². The zero-order chi connectivity index (χ0) is 15.6. The minimum absolute atomic E-state index is 0.149. The van der Waals surface area contributed by atoms with Crippen molar-refractivity contribution in [3.63, 3.8) is 0 Å². The minimum atomic E-state index is -0.149. The largest absolute Gasteiger partial charge is 0.462 e. The fraction of sp³-hybridized carbons (Fsp3) is 0.684. The Morgan fingerprint density at radius 1 is 1.04 bits per heavy atom. The number of rotatable bonds is 2. The van der Waals surface area contributed by atoms with E-state index in [9.17, 15) is 4.79 Å². The second kappa shape index (κ2) is 6.50. The number of nitrogens with zero attached hydrogens (tertiary/aromatic N) is 2. The molecule has 0 N–H and O–H groups in total. The third-order valence-electron chi connectivity index (χ3n) is 5.60. The highest BCUT2D eigenvalue weighted by molar-refractivity contribution is 5.93. The van der Waals surface area contributed by atoms with E-state index in [2.05, 4.69) is 11.0 Å². The summed E-state index contributed by atoms with van der Waals surface area (Å²) in [6, 6.07) is 2.16. The number of anilines is 1. The molecule has 4 nitrogen and oxygen atoms in total. The van der Waals surface area contributed by atoms with Gasteiger partial charge in [0.15, 0.2) is 0 Å². The number of carbonyl (C=O) groups excluding carboxylic acids is 1. The van der Waals surface area contributed by atoms with Gasteiger partial charge in [0.2, 0.25) is 0 Å². The molecule has 1 aliphatic carbocycles. The summed E-state index contributed by atoms with van der Waals surface area (Å²) in [7, 11) is 0. The van der Waals surface area contributed by atoms with Crippen molar-refractivity contribution >= 4 is 11.8 Å². The molecule has 0 unspecified atom stereocenters. The highest BCUT2D eigenvalue weighted by atomic mass is 16.5. The van der Waals surface area contributed by atoms with Gasteiger partial charge in [0.05, 0.1) is 17.9 Å². The van der Waals surface area contributed by atoms with Gasteiger partial charge in [-0.25, -0.2) is 9.78 Å². The smallest absolute Gasteiger partial charge is 0.340 e. The molecule has 0 radical (unpaired) electrons. The molecule has 4 heteroatoms. The van der Waals surface area contributed by atoms with Gasteiger partial charge in [-0.05, 0) is 43.7 Å². The number of hydrogen-bond donors (Lipinski definition) is 0. The number of aromatic nitrogens is 1. The van der Waals surface area contributed by atoms with E-state index >= 15 is 0 Å². The standard InChI is InChI=1S/C19H26N2O2/c22-19-17-15(9-12-23-19)13-16(21-10-5-2-6-11-21)20-18(17)14-7-3-1-4-8-14/h13-14H,1-12H2. The molecule has 2 fully saturated rings. The maximum Gasteiger partial charge on any atom is 0.340 e. The predicted molar refractivity (Wildman–Crippen MR) is 90.1 cm³/mol. The molecular formula is C19H26N2O2. The lowest BCUT2D eigenvalue weighted by Gasteiger charge is -2.31. The van der Waals surface area contributed by atoms with Crippen molar-refractivity contribution in [2.45, 2.75) is 63.7 Å². The first-order chi connectivity index (χ1) is 11.3. The molecule has 23 heavy (non-hydrogen) atoms. The van der Waals surface area contributed by atoms with Crippen LogP contribution in [0.2, 0.25) is 0 Å². The van der Waals surface area contributed by atoms with Crippen molar-refractivity contribution in [3.05, 3.63) is 22.9 Å². The summed E-state index contributed by atoms with van der Waals surface area (Å²) in [5.41, 5.74) is 2.99. The SMILES string of the molecule is O=C1OCCc2cc(N3CCCCC3)nc(C3CCCCC3)c21. The lowest BCUT2D eigenvalue weighted by Crippen LogP contribution is -2.32. The van der Waals surface area contributed by atoms with Gasteiger partial charge in [0.1, 0.15) is 5.82 Å². The van der Waals surface area contributed by atoms with Gasteiger partial charge >= 0.3 is 5.97 Å². The van der Waals surface area contributed by atoms with Gasteiger partial charge < -0.3 is 9.64 Å². The van der Waals surface area contributed by atoms with Crippen molar-refractivity contribution in [1.82, 2.24) is 4.98 Å². The molecular weight excluding hydrogens is 288 g/mol. The molecule has 0 amide bonds. The molecule has 0 aromatic carbocycles. The average Bonchev–Trinajstić information content (AvgIpc) is 2.62. The van der Waals surface area contributed by atoms with Crippen LogP contribution in [0.4, 0.5) is 5.82 Å². The number of hydrogen-bond acceptors (Lipinski definition) is 4. The molecule has 1 saturated carbocycles. The summed E-state index contributed by atoms with van der Waals surface area (Å²) in [6.45, 7) is 2.71. The molecule has 4 rings (SSSR count). The summed E-state index contributed by atoms with van der Waals surface area (Å²) in [5.74, 6) is 1.39. The van der Waals surface area contributed by atoms with Crippen molar-refractivity contribution < 1.29 is 9.53 Å². The first-order valence-corrected chi connectivity index (χ1v) is 9.29. The van der Waals surface area contributed by atoms with Crippen LogP contribution in [0.3, 0.4) is 0 Å². The van der Waals surface area contributed by atoms with E-state index in [1.165, 1.54) is 38.5 Å². The third-order valence-corrected chi connectivity index (χ3v) is 5.60. The van der Waals surface area contributed by atoms with E-state index in [0.29, 0.717) is 12.5 Å². The maximum absolute atomic E-state index is 12.4. The van der Waals surface area contributed by atoms with Crippen molar-refractivity contribution in [2.75, 3.05) is 24.6 Å². The van der Waals surface area contributed by atoms with Gasteiger partial charge in [-0.15, -0.1) is 0 Å². The Hall–Kier alpha value is -1.58. The Labute approximate surface area is 138 Å². The van der Waals surface area contributed by atoms with E-state index < -0.39 is 0 Å².